The normalized spacial score (nSPS) is 16.7. The average Bonchev–Trinajstić information content (AvgIpc) is 3.44. The molecule has 0 aromatic heterocycles. The maximum atomic E-state index is 11.7. The summed E-state index contributed by atoms with van der Waals surface area (Å²) in [5.74, 6) is 0.890. The van der Waals surface area contributed by atoms with Gasteiger partial charge in [0.05, 0.1) is 0 Å². The lowest BCUT2D eigenvalue weighted by atomic mass is 9.81. The van der Waals surface area contributed by atoms with Crippen LogP contribution in [-0.4, -0.2) is 6.36 Å². The zero-order valence-electron chi connectivity index (χ0n) is 18.7. The molecule has 2 aliphatic carbocycles. The summed E-state index contributed by atoms with van der Waals surface area (Å²) in [7, 11) is 0. The van der Waals surface area contributed by atoms with Crippen molar-refractivity contribution in [2.45, 2.75) is 100 Å². The molecular formula is C23H41F3O. The zero-order chi connectivity index (χ0) is 21.5. The SMILES string of the molecule is CC.CC.CC.CC1CCC2(CC1)CC2.Cc1ccccc1OC(F)(F)F. The molecule has 2 aliphatic rings. The molecule has 27 heavy (non-hydrogen) atoms. The lowest BCUT2D eigenvalue weighted by molar-refractivity contribution is -0.274. The van der Waals surface area contributed by atoms with E-state index >= 15 is 0 Å². The van der Waals surface area contributed by atoms with Gasteiger partial charge in [0.1, 0.15) is 5.75 Å². The van der Waals surface area contributed by atoms with E-state index in [-0.39, 0.29) is 5.75 Å². The Kier molecular flexibility index (Phi) is 15.4. The number of ether oxygens (including phenoxy) is 1. The molecule has 0 aliphatic heterocycles. The second kappa shape index (κ2) is 14.8. The summed E-state index contributed by atoms with van der Waals surface area (Å²) in [4.78, 5) is 0. The summed E-state index contributed by atoms with van der Waals surface area (Å²) in [6, 6.07) is 5.98. The Morgan fingerprint density at radius 1 is 0.852 bits per heavy atom. The first-order chi connectivity index (χ1) is 12.8. The van der Waals surface area contributed by atoms with Crippen LogP contribution in [-0.2, 0) is 0 Å². The third-order valence-electron chi connectivity index (χ3n) is 4.61. The van der Waals surface area contributed by atoms with Gasteiger partial charge in [0, 0.05) is 0 Å². The number of alkyl halides is 3. The molecule has 1 aromatic carbocycles. The van der Waals surface area contributed by atoms with Gasteiger partial charge >= 0.3 is 6.36 Å². The molecule has 0 unspecified atom stereocenters. The van der Waals surface area contributed by atoms with Crippen molar-refractivity contribution in [2.24, 2.45) is 11.3 Å². The first-order valence-electron chi connectivity index (χ1n) is 10.6. The molecule has 2 fully saturated rings. The fourth-order valence-electron chi connectivity index (χ4n) is 2.85. The van der Waals surface area contributed by atoms with Crippen molar-refractivity contribution in [2.75, 3.05) is 0 Å². The second-order valence-electron chi connectivity index (χ2n) is 6.50. The predicted octanol–water partition coefficient (Wildman–Crippen LogP) is 8.95. The molecule has 0 bridgehead atoms. The van der Waals surface area contributed by atoms with Crippen LogP contribution in [0.2, 0.25) is 0 Å². The highest BCUT2D eigenvalue weighted by Gasteiger charge is 2.43. The molecule has 0 amide bonds. The minimum atomic E-state index is -4.61. The van der Waals surface area contributed by atoms with Gasteiger partial charge in [0.2, 0.25) is 0 Å². The largest absolute Gasteiger partial charge is 0.573 e. The van der Waals surface area contributed by atoms with Crippen LogP contribution in [0.25, 0.3) is 0 Å². The van der Waals surface area contributed by atoms with Gasteiger partial charge in [-0.25, -0.2) is 0 Å². The Balaban J connectivity index is 0. The summed E-state index contributed by atoms with van der Waals surface area (Å²) in [6.45, 7) is 16.0. The lowest BCUT2D eigenvalue weighted by Gasteiger charge is -2.25. The fraction of sp³-hybridized carbons (Fsp3) is 0.739. The first kappa shape index (κ1) is 28.0. The van der Waals surface area contributed by atoms with Crippen molar-refractivity contribution in [1.29, 1.82) is 0 Å². The molecule has 3 rings (SSSR count). The molecule has 0 N–H and O–H groups in total. The Bertz CT molecular complexity index is 455. The highest BCUT2D eigenvalue weighted by Crippen LogP contribution is 2.56. The highest BCUT2D eigenvalue weighted by atomic mass is 19.4. The van der Waals surface area contributed by atoms with Gasteiger partial charge < -0.3 is 4.74 Å². The van der Waals surface area contributed by atoms with Gasteiger partial charge in [-0.3, -0.25) is 0 Å². The van der Waals surface area contributed by atoms with Crippen molar-refractivity contribution in [3.8, 4) is 5.75 Å². The topological polar surface area (TPSA) is 9.23 Å². The molecule has 0 saturated heterocycles. The molecule has 2 saturated carbocycles. The molecule has 4 heteroatoms. The minimum Gasteiger partial charge on any atom is -0.406 e. The molecule has 0 atom stereocenters. The van der Waals surface area contributed by atoms with E-state index < -0.39 is 6.36 Å². The Hall–Kier alpha value is -1.19. The van der Waals surface area contributed by atoms with Crippen molar-refractivity contribution < 1.29 is 17.9 Å². The lowest BCUT2D eigenvalue weighted by Crippen LogP contribution is -2.17. The van der Waals surface area contributed by atoms with E-state index in [0.29, 0.717) is 5.56 Å². The van der Waals surface area contributed by atoms with Crippen LogP contribution in [0.3, 0.4) is 0 Å². The Morgan fingerprint density at radius 3 is 1.67 bits per heavy atom. The van der Waals surface area contributed by atoms with E-state index in [0.717, 1.165) is 11.3 Å². The van der Waals surface area contributed by atoms with Crippen LogP contribution in [0.5, 0.6) is 5.75 Å². The number of halogens is 3. The highest BCUT2D eigenvalue weighted by molar-refractivity contribution is 5.31. The second-order valence-corrected chi connectivity index (χ2v) is 6.50. The number of benzene rings is 1. The van der Waals surface area contributed by atoms with Gasteiger partial charge in [0.25, 0.3) is 0 Å². The number of aryl methyl sites for hydroxylation is 1. The van der Waals surface area contributed by atoms with Crippen molar-refractivity contribution in [3.63, 3.8) is 0 Å². The quantitative estimate of drug-likeness (QED) is 0.465. The summed E-state index contributed by atoms with van der Waals surface area (Å²) >= 11 is 0. The van der Waals surface area contributed by atoms with Crippen LogP contribution >= 0.6 is 0 Å². The first-order valence-corrected chi connectivity index (χ1v) is 10.6. The van der Waals surface area contributed by atoms with Gasteiger partial charge in [0.15, 0.2) is 0 Å². The maximum Gasteiger partial charge on any atom is 0.573 e. The van der Waals surface area contributed by atoms with Gasteiger partial charge in [-0.1, -0.05) is 79.5 Å². The standard InChI is InChI=1S/C9H16.C8H7F3O.3C2H6/c1-8-2-4-9(5-3-8)6-7-9;1-6-4-2-3-5-7(6)12-8(9,10)11;3*1-2/h8H,2-7H2,1H3;2-5H,1H3;3*1-2H3. The number of para-hydroxylation sites is 1. The van der Waals surface area contributed by atoms with Gasteiger partial charge in [-0.2, -0.15) is 0 Å². The van der Waals surface area contributed by atoms with Crippen LogP contribution in [0, 0.1) is 18.3 Å². The molecule has 1 spiro atoms. The summed E-state index contributed by atoms with van der Waals surface area (Å²) in [6.07, 6.45) is 4.63. The van der Waals surface area contributed by atoms with Gasteiger partial charge in [-0.15, -0.1) is 13.2 Å². The fourth-order valence-corrected chi connectivity index (χ4v) is 2.85. The molecule has 0 heterocycles. The van der Waals surface area contributed by atoms with Crippen LogP contribution in [0.1, 0.15) is 92.6 Å². The van der Waals surface area contributed by atoms with E-state index in [4.69, 9.17) is 0 Å². The molecule has 160 valence electrons. The van der Waals surface area contributed by atoms with Crippen molar-refractivity contribution in [1.82, 2.24) is 0 Å². The molecule has 1 nitrogen and oxygen atoms in total. The van der Waals surface area contributed by atoms with E-state index in [1.54, 1.807) is 44.7 Å². The number of rotatable bonds is 1. The van der Waals surface area contributed by atoms with E-state index in [1.165, 1.54) is 25.0 Å². The third kappa shape index (κ3) is 12.8. The molecular weight excluding hydrogens is 349 g/mol. The number of hydrogen-bond donors (Lipinski definition) is 0. The smallest absolute Gasteiger partial charge is 0.406 e. The monoisotopic (exact) mass is 390 g/mol. The molecule has 1 aromatic rings. The van der Waals surface area contributed by atoms with Crippen molar-refractivity contribution in [3.05, 3.63) is 29.8 Å². The predicted molar refractivity (Wildman–Crippen MR) is 111 cm³/mol. The zero-order valence-corrected chi connectivity index (χ0v) is 18.7. The van der Waals surface area contributed by atoms with Crippen molar-refractivity contribution >= 4 is 0 Å². The van der Waals surface area contributed by atoms with Crippen LogP contribution < -0.4 is 4.74 Å². The Morgan fingerprint density at radius 2 is 1.30 bits per heavy atom. The number of hydrogen-bond acceptors (Lipinski definition) is 1. The summed E-state index contributed by atoms with van der Waals surface area (Å²) in [5, 5.41) is 0. The van der Waals surface area contributed by atoms with Crippen LogP contribution in [0.4, 0.5) is 13.2 Å². The Labute approximate surface area is 165 Å². The average molecular weight is 391 g/mol. The van der Waals surface area contributed by atoms with E-state index in [2.05, 4.69) is 11.7 Å². The van der Waals surface area contributed by atoms with E-state index in [1.807, 2.05) is 41.5 Å². The van der Waals surface area contributed by atoms with E-state index in [9.17, 15) is 13.2 Å². The summed E-state index contributed by atoms with van der Waals surface area (Å²) in [5.41, 5.74) is 1.38. The van der Waals surface area contributed by atoms with Gasteiger partial charge in [-0.05, 0) is 55.6 Å². The maximum absolute atomic E-state index is 11.7. The third-order valence-corrected chi connectivity index (χ3v) is 4.61. The summed E-state index contributed by atoms with van der Waals surface area (Å²) < 4.78 is 38.8. The van der Waals surface area contributed by atoms with Crippen LogP contribution in [0.15, 0.2) is 24.3 Å². The minimum absolute atomic E-state index is 0.148. The molecule has 0 radical (unpaired) electrons.